The smallest absolute Gasteiger partial charge is 0.160 e. The third-order valence-corrected chi connectivity index (χ3v) is 12.7. The third-order valence-electron chi connectivity index (χ3n) is 12.7. The monoisotopic (exact) mass is 769 g/mol. The highest BCUT2D eigenvalue weighted by Gasteiger charge is 2.36. The van der Waals surface area contributed by atoms with Crippen molar-refractivity contribution in [3.63, 3.8) is 0 Å². The van der Waals surface area contributed by atoms with Gasteiger partial charge in [-0.25, -0.2) is 0 Å². The second-order valence-electron chi connectivity index (χ2n) is 16.4. The fraction of sp³-hybridized carbons (Fsp3) is 0.0526. The summed E-state index contributed by atoms with van der Waals surface area (Å²) in [4.78, 5) is 2.42. The number of para-hydroxylation sites is 1. The maximum absolute atomic E-state index is 7.18. The molecule has 11 aromatic rings. The molecule has 9 aromatic carbocycles. The van der Waals surface area contributed by atoms with Gasteiger partial charge in [0.1, 0.15) is 16.7 Å². The van der Waals surface area contributed by atoms with Gasteiger partial charge in [-0.3, -0.25) is 0 Å². The standard InChI is InChI=1S/C57H39NO2/c1-57(2)48-19-11-9-17-44(48)45-30-29-42(35-49(45)57)58(41-27-25-39(26-28-41)37-15-7-4-8-16-37)55-43(40-23-21-38(22-24-40)36-13-5-3-6-14-36)31-32-47-54-52(60-56(47)55)34-33-51-53(54)46-18-10-12-20-50(46)59-51/h3-35H,1-2H3. The molecule has 0 aliphatic heterocycles. The molecule has 0 fully saturated rings. The van der Waals surface area contributed by atoms with Gasteiger partial charge in [-0.15, -0.1) is 0 Å². The van der Waals surface area contributed by atoms with Gasteiger partial charge >= 0.3 is 0 Å². The summed E-state index contributed by atoms with van der Waals surface area (Å²) in [5, 5.41) is 4.26. The number of furan rings is 2. The molecule has 0 radical (unpaired) electrons. The van der Waals surface area contributed by atoms with Gasteiger partial charge in [0.15, 0.2) is 5.58 Å². The topological polar surface area (TPSA) is 29.5 Å². The Morgan fingerprint density at radius 3 is 1.63 bits per heavy atom. The van der Waals surface area contributed by atoms with E-state index in [9.17, 15) is 0 Å². The van der Waals surface area contributed by atoms with Crippen LogP contribution in [0.3, 0.4) is 0 Å². The normalized spacial score (nSPS) is 13.0. The van der Waals surface area contributed by atoms with Crippen molar-refractivity contribution in [1.29, 1.82) is 0 Å². The van der Waals surface area contributed by atoms with Gasteiger partial charge in [0.05, 0.1) is 5.69 Å². The lowest BCUT2D eigenvalue weighted by Crippen LogP contribution is -2.17. The van der Waals surface area contributed by atoms with E-state index in [0.717, 1.165) is 77.6 Å². The third kappa shape index (κ3) is 5.22. The Balaban J connectivity index is 1.15. The average Bonchev–Trinajstić information content (AvgIpc) is 3.95. The second-order valence-corrected chi connectivity index (χ2v) is 16.4. The van der Waals surface area contributed by atoms with Crippen molar-refractivity contribution in [3.05, 3.63) is 211 Å². The Labute approximate surface area is 348 Å². The van der Waals surface area contributed by atoms with Crippen LogP contribution in [-0.2, 0) is 5.41 Å². The van der Waals surface area contributed by atoms with E-state index >= 15 is 0 Å². The molecule has 0 amide bonds. The molecule has 3 heteroatoms. The summed E-state index contributed by atoms with van der Waals surface area (Å²) >= 11 is 0. The summed E-state index contributed by atoms with van der Waals surface area (Å²) in [6.07, 6.45) is 0. The minimum atomic E-state index is -0.180. The molecule has 3 nitrogen and oxygen atoms in total. The van der Waals surface area contributed by atoms with Crippen molar-refractivity contribution in [2.75, 3.05) is 4.90 Å². The second kappa shape index (κ2) is 13.2. The van der Waals surface area contributed by atoms with Gasteiger partial charge in [0.2, 0.25) is 0 Å². The molecule has 0 N–H and O–H groups in total. The summed E-state index contributed by atoms with van der Waals surface area (Å²) in [5.41, 5.74) is 18.4. The van der Waals surface area contributed by atoms with Crippen molar-refractivity contribution in [2.45, 2.75) is 19.3 Å². The molecule has 0 unspecified atom stereocenters. The fourth-order valence-electron chi connectivity index (χ4n) is 9.73. The van der Waals surface area contributed by atoms with Crippen LogP contribution in [0.15, 0.2) is 209 Å². The van der Waals surface area contributed by atoms with Crippen LogP contribution in [0.5, 0.6) is 0 Å². The Kier molecular flexibility index (Phi) is 7.58. The maximum Gasteiger partial charge on any atom is 0.160 e. The van der Waals surface area contributed by atoms with Crippen LogP contribution in [0.4, 0.5) is 17.1 Å². The minimum absolute atomic E-state index is 0.180. The molecule has 12 rings (SSSR count). The zero-order valence-corrected chi connectivity index (χ0v) is 33.3. The molecule has 284 valence electrons. The van der Waals surface area contributed by atoms with Gasteiger partial charge in [0.25, 0.3) is 0 Å². The quantitative estimate of drug-likeness (QED) is 0.169. The molecule has 0 atom stereocenters. The van der Waals surface area contributed by atoms with Crippen LogP contribution >= 0.6 is 0 Å². The van der Waals surface area contributed by atoms with Gasteiger partial charge in [-0.1, -0.05) is 166 Å². The SMILES string of the molecule is CC1(C)c2ccccc2-c2ccc(N(c3ccc(-c4ccccc4)cc3)c3c(-c4ccc(-c5ccccc5)cc4)ccc4c3oc3ccc5oc6ccccc6c5c34)cc21. The molecule has 1 aliphatic rings. The summed E-state index contributed by atoms with van der Waals surface area (Å²) in [6, 6.07) is 71.9. The molecular formula is C57H39NO2. The van der Waals surface area contributed by atoms with E-state index in [1.54, 1.807) is 0 Å². The van der Waals surface area contributed by atoms with Crippen LogP contribution in [0.1, 0.15) is 25.0 Å². The lowest BCUT2D eigenvalue weighted by atomic mass is 9.82. The number of hydrogen-bond acceptors (Lipinski definition) is 3. The molecule has 2 aromatic heterocycles. The van der Waals surface area contributed by atoms with Crippen molar-refractivity contribution in [3.8, 4) is 44.5 Å². The molecule has 0 spiro atoms. The maximum atomic E-state index is 7.18. The van der Waals surface area contributed by atoms with E-state index in [0.29, 0.717) is 0 Å². The molecule has 1 aliphatic carbocycles. The van der Waals surface area contributed by atoms with E-state index in [-0.39, 0.29) is 5.41 Å². The summed E-state index contributed by atoms with van der Waals surface area (Å²) in [5.74, 6) is 0. The first-order valence-electron chi connectivity index (χ1n) is 20.7. The number of benzene rings is 9. The molecule has 2 heterocycles. The first-order valence-corrected chi connectivity index (χ1v) is 20.7. The van der Waals surface area contributed by atoms with Crippen molar-refractivity contribution in [2.24, 2.45) is 0 Å². The highest BCUT2D eigenvalue weighted by molar-refractivity contribution is 6.27. The molecule has 0 saturated heterocycles. The number of anilines is 3. The molecule has 0 bridgehead atoms. The van der Waals surface area contributed by atoms with Crippen LogP contribution in [0, 0.1) is 0 Å². The van der Waals surface area contributed by atoms with Gasteiger partial charge in [-0.2, -0.15) is 0 Å². The van der Waals surface area contributed by atoms with E-state index in [2.05, 4.69) is 201 Å². The lowest BCUT2D eigenvalue weighted by Gasteiger charge is -2.30. The Hall–Kier alpha value is -7.62. The zero-order chi connectivity index (χ0) is 40.0. The zero-order valence-electron chi connectivity index (χ0n) is 33.3. The van der Waals surface area contributed by atoms with E-state index in [1.165, 1.54) is 38.9 Å². The van der Waals surface area contributed by atoms with Crippen LogP contribution in [-0.4, -0.2) is 0 Å². The van der Waals surface area contributed by atoms with Crippen LogP contribution in [0.25, 0.3) is 88.4 Å². The Morgan fingerprint density at radius 2 is 0.900 bits per heavy atom. The highest BCUT2D eigenvalue weighted by Crippen LogP contribution is 2.53. The largest absolute Gasteiger partial charge is 0.456 e. The number of nitrogens with zero attached hydrogens (tertiary/aromatic N) is 1. The van der Waals surface area contributed by atoms with Crippen LogP contribution < -0.4 is 4.90 Å². The summed E-state index contributed by atoms with van der Waals surface area (Å²) in [6.45, 7) is 4.70. The number of hydrogen-bond donors (Lipinski definition) is 0. The van der Waals surface area contributed by atoms with Gasteiger partial charge < -0.3 is 13.7 Å². The Bertz CT molecular complexity index is 3430. The summed E-state index contributed by atoms with van der Waals surface area (Å²) in [7, 11) is 0. The van der Waals surface area contributed by atoms with Gasteiger partial charge in [0, 0.05) is 43.9 Å². The first kappa shape index (κ1) is 34.4. The van der Waals surface area contributed by atoms with Crippen molar-refractivity contribution in [1.82, 2.24) is 0 Å². The lowest BCUT2D eigenvalue weighted by molar-refractivity contribution is 0.660. The fourth-order valence-corrected chi connectivity index (χ4v) is 9.73. The van der Waals surface area contributed by atoms with Gasteiger partial charge in [-0.05, 0) is 98.6 Å². The predicted molar refractivity (Wildman–Crippen MR) is 250 cm³/mol. The van der Waals surface area contributed by atoms with E-state index in [1.807, 2.05) is 18.2 Å². The molecule has 0 saturated carbocycles. The average molecular weight is 770 g/mol. The number of rotatable bonds is 6. The number of fused-ring (bicyclic) bond motifs is 10. The molecular weight excluding hydrogens is 731 g/mol. The minimum Gasteiger partial charge on any atom is -0.456 e. The van der Waals surface area contributed by atoms with Crippen molar-refractivity contribution < 1.29 is 8.83 Å². The predicted octanol–water partition coefficient (Wildman–Crippen LogP) is 16.3. The Morgan fingerprint density at radius 1 is 0.367 bits per heavy atom. The van der Waals surface area contributed by atoms with Crippen LogP contribution in [0.2, 0.25) is 0 Å². The van der Waals surface area contributed by atoms with E-state index < -0.39 is 0 Å². The van der Waals surface area contributed by atoms with Crippen molar-refractivity contribution >= 4 is 60.9 Å². The molecule has 60 heavy (non-hydrogen) atoms. The first-order chi connectivity index (χ1) is 29.5. The summed E-state index contributed by atoms with van der Waals surface area (Å²) < 4.78 is 13.6. The van der Waals surface area contributed by atoms with E-state index in [4.69, 9.17) is 8.83 Å². The highest BCUT2D eigenvalue weighted by atomic mass is 16.3.